The van der Waals surface area contributed by atoms with Gasteiger partial charge in [0, 0.05) is 5.92 Å². The van der Waals surface area contributed by atoms with Gasteiger partial charge in [-0.25, -0.2) is 10.3 Å². The molecular formula is C26H40N2O3. The van der Waals surface area contributed by atoms with Crippen LogP contribution >= 0.6 is 0 Å². The Morgan fingerprint density at radius 1 is 1.16 bits per heavy atom. The predicted octanol–water partition coefficient (Wildman–Crippen LogP) is 4.68. The first-order valence-corrected chi connectivity index (χ1v) is 12.2. The smallest absolute Gasteiger partial charge is 0.342 e. The Bertz CT molecular complexity index is 815. The fraction of sp³-hybridized carbons (Fsp3) is 0.769. The zero-order chi connectivity index (χ0) is 22.6. The van der Waals surface area contributed by atoms with Gasteiger partial charge < -0.3 is 10.6 Å². The number of Topliss-reactive ketones (excluding diaryl/α,β-unsaturated/α-hetero) is 1. The van der Waals surface area contributed by atoms with E-state index in [1.54, 1.807) is 6.92 Å². The Hall–Kier alpha value is -1.62. The summed E-state index contributed by atoms with van der Waals surface area (Å²) in [6, 6.07) is -0.619. The molecule has 0 bridgehead atoms. The fourth-order valence-electron chi connectivity index (χ4n) is 7.60. The third kappa shape index (κ3) is 3.67. The van der Waals surface area contributed by atoms with E-state index in [1.165, 1.54) is 31.3 Å². The van der Waals surface area contributed by atoms with Crippen LogP contribution in [0.5, 0.6) is 0 Å². The van der Waals surface area contributed by atoms with Crippen LogP contribution in [0, 0.1) is 40.4 Å². The second-order valence-electron chi connectivity index (χ2n) is 11.4. The first kappa shape index (κ1) is 22.6. The van der Waals surface area contributed by atoms with Crippen LogP contribution < -0.4 is 11.2 Å². The SMILES string of the molecule is CC(=O)[C@H]1CC[C@H]2[C@@H]3CCC4=CC(NOC(=O)[C@@H](N)C(C)C)=CC[C@]4(C)[C@H]3CC[C@]12C. The zero-order valence-electron chi connectivity index (χ0n) is 19.9. The summed E-state index contributed by atoms with van der Waals surface area (Å²) in [6.07, 6.45) is 12.3. The molecule has 4 aliphatic carbocycles. The van der Waals surface area contributed by atoms with E-state index in [0.29, 0.717) is 17.6 Å². The molecule has 0 aromatic carbocycles. The van der Waals surface area contributed by atoms with Gasteiger partial charge >= 0.3 is 5.97 Å². The van der Waals surface area contributed by atoms with Crippen LogP contribution in [-0.2, 0) is 14.4 Å². The number of carbonyl (C=O) groups is 2. The van der Waals surface area contributed by atoms with Gasteiger partial charge in [0.1, 0.15) is 11.8 Å². The molecule has 0 spiro atoms. The van der Waals surface area contributed by atoms with Crippen LogP contribution in [0.2, 0.25) is 0 Å². The summed E-state index contributed by atoms with van der Waals surface area (Å²) in [4.78, 5) is 29.7. The molecule has 3 saturated carbocycles. The quantitative estimate of drug-likeness (QED) is 0.622. The summed E-state index contributed by atoms with van der Waals surface area (Å²) in [7, 11) is 0. The third-order valence-electron chi connectivity index (χ3n) is 9.56. The Morgan fingerprint density at radius 2 is 1.90 bits per heavy atom. The average Bonchev–Trinajstić information content (AvgIpc) is 3.08. The van der Waals surface area contributed by atoms with Crippen molar-refractivity contribution in [2.45, 2.75) is 85.6 Å². The minimum Gasteiger partial charge on any atom is -0.342 e. The lowest BCUT2D eigenvalue weighted by Crippen LogP contribution is -2.50. The van der Waals surface area contributed by atoms with Gasteiger partial charge in [-0.15, -0.1) is 0 Å². The molecule has 0 amide bonds. The first-order chi connectivity index (χ1) is 14.6. The van der Waals surface area contributed by atoms with E-state index in [-0.39, 0.29) is 22.7 Å². The monoisotopic (exact) mass is 428 g/mol. The highest BCUT2D eigenvalue weighted by Crippen LogP contribution is 2.66. The van der Waals surface area contributed by atoms with E-state index in [9.17, 15) is 9.59 Å². The highest BCUT2D eigenvalue weighted by Gasteiger charge is 2.59. The lowest BCUT2D eigenvalue weighted by molar-refractivity contribution is -0.152. The predicted molar refractivity (Wildman–Crippen MR) is 121 cm³/mol. The molecule has 5 heteroatoms. The Kier molecular flexibility index (Phi) is 5.87. The highest BCUT2D eigenvalue weighted by atomic mass is 16.7. The molecule has 3 N–H and O–H groups in total. The van der Waals surface area contributed by atoms with E-state index in [4.69, 9.17) is 10.6 Å². The van der Waals surface area contributed by atoms with E-state index in [0.717, 1.165) is 30.9 Å². The van der Waals surface area contributed by atoms with Gasteiger partial charge in [-0.3, -0.25) is 4.79 Å². The number of nitrogens with two attached hydrogens (primary N) is 1. The Labute approximate surface area is 187 Å². The van der Waals surface area contributed by atoms with Gasteiger partial charge in [-0.2, -0.15) is 0 Å². The standard InChI is InChI=1S/C26H40N2O3/c1-15(2)23(27)24(30)31-28-18-10-12-25(4)17(14-18)6-7-19-21-9-8-20(16(3)29)26(21,5)13-11-22(19)25/h10,14-15,19-23,28H,6-9,11-13,27H2,1-5H3/t19-,20+,21-,22-,23-,25-,26+/m0/s1. The van der Waals surface area contributed by atoms with Crippen molar-refractivity contribution in [3.8, 4) is 0 Å². The summed E-state index contributed by atoms with van der Waals surface area (Å²) in [5.41, 5.74) is 11.5. The normalized spacial score (nSPS) is 40.1. The summed E-state index contributed by atoms with van der Waals surface area (Å²) in [5.74, 6) is 2.36. The molecule has 0 unspecified atom stereocenters. The van der Waals surface area contributed by atoms with Gasteiger partial charge in [0.2, 0.25) is 0 Å². The molecule has 7 atom stereocenters. The van der Waals surface area contributed by atoms with Crippen molar-refractivity contribution in [1.29, 1.82) is 0 Å². The number of fused-ring (bicyclic) bond motifs is 5. The van der Waals surface area contributed by atoms with Gasteiger partial charge in [-0.05, 0) is 92.4 Å². The molecule has 172 valence electrons. The number of ketones is 1. The molecule has 31 heavy (non-hydrogen) atoms. The molecule has 0 radical (unpaired) electrons. The molecular weight excluding hydrogens is 388 g/mol. The van der Waals surface area contributed by atoms with Crippen molar-refractivity contribution in [3.63, 3.8) is 0 Å². The van der Waals surface area contributed by atoms with Crippen LogP contribution in [0.4, 0.5) is 0 Å². The molecule has 4 aliphatic rings. The largest absolute Gasteiger partial charge is 0.348 e. The van der Waals surface area contributed by atoms with E-state index in [1.807, 2.05) is 13.8 Å². The molecule has 3 fully saturated rings. The van der Waals surface area contributed by atoms with Crippen molar-refractivity contribution < 1.29 is 14.4 Å². The van der Waals surface area contributed by atoms with Crippen molar-refractivity contribution in [3.05, 3.63) is 23.4 Å². The van der Waals surface area contributed by atoms with Crippen LogP contribution in [0.1, 0.15) is 79.6 Å². The van der Waals surface area contributed by atoms with E-state index in [2.05, 4.69) is 31.5 Å². The summed E-state index contributed by atoms with van der Waals surface area (Å²) in [5, 5.41) is 0. The fourth-order valence-corrected chi connectivity index (χ4v) is 7.60. The minimum atomic E-state index is -0.619. The van der Waals surface area contributed by atoms with Crippen LogP contribution in [0.15, 0.2) is 23.4 Å². The summed E-state index contributed by atoms with van der Waals surface area (Å²) < 4.78 is 0. The summed E-state index contributed by atoms with van der Waals surface area (Å²) in [6.45, 7) is 10.5. The lowest BCUT2D eigenvalue weighted by atomic mass is 9.47. The zero-order valence-corrected chi connectivity index (χ0v) is 19.9. The van der Waals surface area contributed by atoms with Crippen LogP contribution in [0.25, 0.3) is 0 Å². The second-order valence-corrected chi connectivity index (χ2v) is 11.4. The van der Waals surface area contributed by atoms with E-state index >= 15 is 0 Å². The van der Waals surface area contributed by atoms with E-state index < -0.39 is 12.0 Å². The van der Waals surface area contributed by atoms with Crippen molar-refractivity contribution >= 4 is 11.8 Å². The van der Waals surface area contributed by atoms with Crippen LogP contribution in [0.3, 0.4) is 0 Å². The van der Waals surface area contributed by atoms with Crippen molar-refractivity contribution in [2.75, 3.05) is 0 Å². The van der Waals surface area contributed by atoms with Gasteiger partial charge in [0.05, 0.1) is 5.70 Å². The van der Waals surface area contributed by atoms with Crippen LogP contribution in [-0.4, -0.2) is 17.8 Å². The molecule has 0 aromatic rings. The molecule has 0 aromatic heterocycles. The average molecular weight is 429 g/mol. The molecule has 0 heterocycles. The number of allylic oxidation sites excluding steroid dienone is 3. The highest BCUT2D eigenvalue weighted by molar-refractivity contribution is 5.79. The topological polar surface area (TPSA) is 81.4 Å². The number of hydrogen-bond acceptors (Lipinski definition) is 5. The maximum atomic E-state index is 12.3. The minimum absolute atomic E-state index is 0.0433. The first-order valence-electron chi connectivity index (χ1n) is 12.2. The van der Waals surface area contributed by atoms with Crippen molar-refractivity contribution in [2.24, 2.45) is 46.2 Å². The second kappa shape index (κ2) is 8.06. The van der Waals surface area contributed by atoms with Gasteiger partial charge in [0.25, 0.3) is 0 Å². The van der Waals surface area contributed by atoms with Gasteiger partial charge in [-0.1, -0.05) is 39.3 Å². The van der Waals surface area contributed by atoms with Gasteiger partial charge in [0.15, 0.2) is 0 Å². The molecule has 0 saturated heterocycles. The maximum absolute atomic E-state index is 12.3. The number of rotatable bonds is 5. The number of carbonyl (C=O) groups excluding carboxylic acids is 2. The van der Waals surface area contributed by atoms with Crippen molar-refractivity contribution in [1.82, 2.24) is 5.48 Å². The molecule has 5 nitrogen and oxygen atoms in total. The lowest BCUT2D eigenvalue weighted by Gasteiger charge is -2.57. The number of hydroxylamine groups is 1. The number of nitrogens with one attached hydrogen (secondary N) is 1. The molecule has 4 rings (SSSR count). The number of hydrogen-bond donors (Lipinski definition) is 2. The Balaban J connectivity index is 1.46. The third-order valence-corrected chi connectivity index (χ3v) is 9.56. The maximum Gasteiger partial charge on any atom is 0.348 e. The summed E-state index contributed by atoms with van der Waals surface area (Å²) >= 11 is 0. The Morgan fingerprint density at radius 3 is 2.58 bits per heavy atom. The molecule has 0 aliphatic heterocycles.